The lowest BCUT2D eigenvalue weighted by Gasteiger charge is -2.66. The first-order chi connectivity index (χ1) is 20.8. The van der Waals surface area contributed by atoms with Crippen LogP contribution >= 0.6 is 0 Å². The van der Waals surface area contributed by atoms with Gasteiger partial charge in [0.05, 0.1) is 0 Å². The van der Waals surface area contributed by atoms with Crippen molar-refractivity contribution in [1.29, 1.82) is 0 Å². The van der Waals surface area contributed by atoms with Gasteiger partial charge < -0.3 is 0 Å². The maximum absolute atomic E-state index is 1.74. The van der Waals surface area contributed by atoms with Crippen molar-refractivity contribution in [2.75, 3.05) is 0 Å². The molecule has 0 nitrogen and oxygen atoms in total. The van der Waals surface area contributed by atoms with Crippen molar-refractivity contribution < 1.29 is 0 Å². The van der Waals surface area contributed by atoms with Crippen molar-refractivity contribution in [3.8, 4) is 0 Å². The molecule has 0 heterocycles. The van der Waals surface area contributed by atoms with Crippen LogP contribution < -0.4 is 0 Å². The first kappa shape index (κ1) is 28.2. The Labute approximate surface area is 261 Å². The van der Waals surface area contributed by atoms with E-state index < -0.39 is 0 Å². The summed E-state index contributed by atoms with van der Waals surface area (Å²) in [7, 11) is 0. The van der Waals surface area contributed by atoms with Crippen LogP contribution in [-0.2, 0) is 0 Å². The minimum Gasteiger partial charge on any atom is -0.0533 e. The molecule has 42 heavy (non-hydrogen) atoms. The summed E-state index contributed by atoms with van der Waals surface area (Å²) >= 11 is 0. The molecular formula is C42H68. The molecule has 0 radical (unpaired) electrons. The third kappa shape index (κ3) is 4.76. The largest absolute Gasteiger partial charge is 0.0533 e. The highest BCUT2D eigenvalue weighted by atomic mass is 14.7. The minimum absolute atomic E-state index is 1.12. The van der Waals surface area contributed by atoms with E-state index >= 15 is 0 Å². The average Bonchev–Trinajstić information content (AvgIpc) is 3.06. The molecule has 0 aromatic carbocycles. The van der Waals surface area contributed by atoms with Crippen molar-refractivity contribution in [3.05, 3.63) is 0 Å². The summed E-state index contributed by atoms with van der Waals surface area (Å²) in [6.45, 7) is 0. The maximum Gasteiger partial charge on any atom is -0.0323 e. The van der Waals surface area contributed by atoms with E-state index in [0.29, 0.717) is 0 Å². The van der Waals surface area contributed by atoms with Crippen LogP contribution in [0.1, 0.15) is 167 Å². The van der Waals surface area contributed by atoms with E-state index in [1.807, 2.05) is 0 Å². The Morgan fingerprint density at radius 1 is 0.190 bits per heavy atom. The van der Waals surface area contributed by atoms with Crippen LogP contribution in [0.25, 0.3) is 0 Å². The molecular weight excluding hydrogens is 504 g/mol. The molecule has 236 valence electrons. The molecule has 9 rings (SSSR count). The highest BCUT2D eigenvalue weighted by Gasteiger charge is 2.62. The fourth-order valence-electron chi connectivity index (χ4n) is 16.6. The van der Waals surface area contributed by atoms with Gasteiger partial charge in [-0.25, -0.2) is 0 Å². The van der Waals surface area contributed by atoms with Crippen LogP contribution in [0.5, 0.6) is 0 Å². The van der Waals surface area contributed by atoms with E-state index in [9.17, 15) is 0 Å². The lowest BCUT2D eigenvalue weighted by Crippen LogP contribution is -2.60. The van der Waals surface area contributed by atoms with Gasteiger partial charge in [0.15, 0.2) is 0 Å². The Bertz CT molecular complexity index is 833. The molecule has 0 saturated heterocycles. The van der Waals surface area contributed by atoms with E-state index in [1.54, 1.807) is 167 Å². The van der Waals surface area contributed by atoms with Crippen LogP contribution in [0.15, 0.2) is 0 Å². The zero-order valence-corrected chi connectivity index (χ0v) is 27.6. The van der Waals surface area contributed by atoms with Gasteiger partial charge in [-0.15, -0.1) is 0 Å². The Kier molecular flexibility index (Phi) is 8.06. The van der Waals surface area contributed by atoms with Crippen molar-refractivity contribution in [2.24, 2.45) is 94.7 Å². The van der Waals surface area contributed by atoms with Gasteiger partial charge in [-0.3, -0.25) is 0 Å². The zero-order valence-electron chi connectivity index (χ0n) is 27.6. The monoisotopic (exact) mass is 573 g/mol. The van der Waals surface area contributed by atoms with Crippen LogP contribution in [0.3, 0.4) is 0 Å². The molecule has 9 aliphatic rings. The summed E-state index contributed by atoms with van der Waals surface area (Å²) in [6, 6.07) is 0. The number of hydrogen-bond acceptors (Lipinski definition) is 0. The average molecular weight is 573 g/mol. The smallest absolute Gasteiger partial charge is 0.0323 e. The summed E-state index contributed by atoms with van der Waals surface area (Å²) in [5.74, 6) is 18.3. The van der Waals surface area contributed by atoms with Crippen molar-refractivity contribution in [1.82, 2.24) is 0 Å². The Balaban J connectivity index is 1.12. The zero-order chi connectivity index (χ0) is 27.6. The summed E-state index contributed by atoms with van der Waals surface area (Å²) in [5, 5.41) is 0. The van der Waals surface area contributed by atoms with Gasteiger partial charge in [0.2, 0.25) is 0 Å². The second kappa shape index (κ2) is 12.0. The van der Waals surface area contributed by atoms with E-state index in [4.69, 9.17) is 0 Å². The van der Waals surface area contributed by atoms with Crippen LogP contribution in [0.2, 0.25) is 0 Å². The third-order valence-corrected chi connectivity index (χ3v) is 17.7. The second-order valence-electron chi connectivity index (χ2n) is 18.9. The summed E-state index contributed by atoms with van der Waals surface area (Å²) in [4.78, 5) is 0. The number of rotatable bonds is 2. The van der Waals surface area contributed by atoms with Crippen LogP contribution in [0, 0.1) is 94.7 Å². The maximum atomic E-state index is 1.74. The lowest BCUT2D eigenvalue weighted by molar-refractivity contribution is -0.179. The molecule has 0 aliphatic heterocycles. The molecule has 0 aromatic rings. The fourth-order valence-corrected chi connectivity index (χ4v) is 16.6. The van der Waals surface area contributed by atoms with Crippen molar-refractivity contribution in [3.63, 3.8) is 0 Å². The van der Waals surface area contributed by atoms with Crippen LogP contribution in [0.4, 0.5) is 0 Å². The summed E-state index contributed by atoms with van der Waals surface area (Å²) in [6.07, 6.45) is 42.1. The van der Waals surface area contributed by atoms with Gasteiger partial charge >= 0.3 is 0 Å². The molecule has 9 saturated carbocycles. The molecule has 0 aromatic heterocycles. The summed E-state index contributed by atoms with van der Waals surface area (Å²) in [5.41, 5.74) is 0. The normalized spacial score (nSPS) is 53.4. The highest BCUT2D eigenvalue weighted by Crippen LogP contribution is 2.69. The predicted molar refractivity (Wildman–Crippen MR) is 176 cm³/mol. The fraction of sp³-hybridized carbons (Fsp3) is 1.00. The minimum atomic E-state index is 1.12. The van der Waals surface area contributed by atoms with Crippen molar-refractivity contribution in [2.45, 2.75) is 167 Å². The molecule has 14 atom stereocenters. The molecule has 0 bridgehead atoms. The van der Waals surface area contributed by atoms with Gasteiger partial charge in [0.1, 0.15) is 0 Å². The van der Waals surface area contributed by atoms with E-state index in [0.717, 1.165) is 94.7 Å². The number of fused-ring (bicyclic) bond motifs is 9. The number of hydrogen-bond donors (Lipinski definition) is 0. The van der Waals surface area contributed by atoms with Gasteiger partial charge in [-0.1, -0.05) is 116 Å². The van der Waals surface area contributed by atoms with Crippen LogP contribution in [-0.4, -0.2) is 0 Å². The van der Waals surface area contributed by atoms with E-state index in [2.05, 4.69) is 0 Å². The van der Waals surface area contributed by atoms with Gasteiger partial charge in [-0.2, -0.15) is 0 Å². The topological polar surface area (TPSA) is 0 Å². The van der Waals surface area contributed by atoms with Crippen molar-refractivity contribution >= 4 is 0 Å². The summed E-state index contributed by atoms with van der Waals surface area (Å²) < 4.78 is 0. The van der Waals surface area contributed by atoms with E-state index in [-0.39, 0.29) is 0 Å². The highest BCUT2D eigenvalue weighted by molar-refractivity contribution is 5.10. The molecule has 9 fully saturated rings. The molecule has 9 aliphatic carbocycles. The first-order valence-electron chi connectivity index (χ1n) is 20.8. The van der Waals surface area contributed by atoms with Gasteiger partial charge in [0.25, 0.3) is 0 Å². The Morgan fingerprint density at radius 3 is 0.881 bits per heavy atom. The van der Waals surface area contributed by atoms with E-state index in [1.165, 1.54) is 0 Å². The third-order valence-electron chi connectivity index (χ3n) is 17.7. The SMILES string of the molecule is C1CCC(C2C3CC4CCCCC4CC3C(C3CCCCC3)C3CC4C5CCCCC5C5CCCCC5C4CC32)CC1. The molecule has 0 spiro atoms. The van der Waals surface area contributed by atoms with Gasteiger partial charge in [-0.05, 0) is 146 Å². The molecule has 0 N–H and O–H groups in total. The first-order valence-corrected chi connectivity index (χ1v) is 20.8. The molecule has 0 heteroatoms. The Morgan fingerprint density at radius 2 is 0.476 bits per heavy atom. The second-order valence-corrected chi connectivity index (χ2v) is 18.9. The molecule has 14 unspecified atom stereocenters. The Hall–Kier alpha value is 0. The quantitative estimate of drug-likeness (QED) is 0.309. The lowest BCUT2D eigenvalue weighted by atomic mass is 9.38. The van der Waals surface area contributed by atoms with Gasteiger partial charge in [0, 0.05) is 0 Å². The molecule has 0 amide bonds. The predicted octanol–water partition coefficient (Wildman–Crippen LogP) is 12.1. The standard InChI is InChI=1S/C42H68/c1-3-13-27(14-4-1)41-37-23-29-17-7-8-18-30(29)24-38(37)42(28-15-5-2-6-16-28)40-26-36-34-22-12-10-20-32(34)31-19-9-11-21-33(31)35(36)25-39(40)41/h27-42H,1-26H2.